The molecule has 0 aliphatic heterocycles. The Bertz CT molecular complexity index is 312. The van der Waals surface area contributed by atoms with E-state index in [0.717, 1.165) is 24.2 Å². The van der Waals surface area contributed by atoms with E-state index >= 15 is 0 Å². The lowest BCUT2D eigenvalue weighted by Crippen LogP contribution is -2.21. The Morgan fingerprint density at radius 3 is 2.67 bits per heavy atom. The third-order valence-corrected chi connectivity index (χ3v) is 2.49. The van der Waals surface area contributed by atoms with E-state index < -0.39 is 0 Å². The average molecular weight is 208 g/mol. The molecule has 3 heteroatoms. The Morgan fingerprint density at radius 1 is 1.40 bits per heavy atom. The summed E-state index contributed by atoms with van der Waals surface area (Å²) in [5.74, 6) is 0.827. The molecule has 84 valence electrons. The van der Waals surface area contributed by atoms with Crippen LogP contribution in [0.15, 0.2) is 18.2 Å². The van der Waals surface area contributed by atoms with Crippen molar-refractivity contribution < 1.29 is 4.74 Å². The first-order valence-electron chi connectivity index (χ1n) is 5.35. The predicted octanol–water partition coefficient (Wildman–Crippen LogP) is 1.61. The van der Waals surface area contributed by atoms with Crippen LogP contribution in [-0.4, -0.2) is 13.7 Å². The molecule has 0 fully saturated rings. The first kappa shape index (κ1) is 12.0. The van der Waals surface area contributed by atoms with Crippen LogP contribution in [-0.2, 0) is 6.42 Å². The van der Waals surface area contributed by atoms with Gasteiger partial charge in [0.25, 0.3) is 0 Å². The quantitative estimate of drug-likeness (QED) is 0.772. The van der Waals surface area contributed by atoms with Crippen LogP contribution in [0.1, 0.15) is 30.5 Å². The molecular weight excluding hydrogens is 188 g/mol. The Labute approximate surface area is 91.4 Å². The molecule has 0 saturated heterocycles. The zero-order chi connectivity index (χ0) is 11.3. The molecule has 0 radical (unpaired) electrons. The number of benzene rings is 1. The summed E-state index contributed by atoms with van der Waals surface area (Å²) in [6, 6.07) is 6.00. The molecule has 0 heterocycles. The van der Waals surface area contributed by atoms with Gasteiger partial charge < -0.3 is 16.2 Å². The zero-order valence-corrected chi connectivity index (χ0v) is 9.49. The molecule has 1 aromatic rings. The van der Waals surface area contributed by atoms with Crippen LogP contribution in [0.5, 0.6) is 5.75 Å². The van der Waals surface area contributed by atoms with Gasteiger partial charge >= 0.3 is 0 Å². The molecule has 15 heavy (non-hydrogen) atoms. The van der Waals surface area contributed by atoms with Crippen LogP contribution in [0, 0.1) is 0 Å². The van der Waals surface area contributed by atoms with Crippen LogP contribution >= 0.6 is 0 Å². The van der Waals surface area contributed by atoms with Gasteiger partial charge in [-0.25, -0.2) is 0 Å². The fourth-order valence-electron chi connectivity index (χ4n) is 1.64. The summed E-state index contributed by atoms with van der Waals surface area (Å²) in [5, 5.41) is 0. The molecule has 0 aliphatic rings. The van der Waals surface area contributed by atoms with Gasteiger partial charge in [0.05, 0.1) is 7.11 Å². The van der Waals surface area contributed by atoms with Crippen molar-refractivity contribution in [2.45, 2.75) is 25.8 Å². The molecule has 0 amide bonds. The lowest BCUT2D eigenvalue weighted by Gasteiger charge is -2.15. The second-order valence-electron chi connectivity index (χ2n) is 3.67. The first-order valence-corrected chi connectivity index (χ1v) is 5.35. The molecule has 0 aliphatic carbocycles. The van der Waals surface area contributed by atoms with Crippen molar-refractivity contribution in [3.8, 4) is 5.75 Å². The Balaban J connectivity index is 3.01. The number of methoxy groups -OCH3 is 1. The molecule has 0 saturated carbocycles. The van der Waals surface area contributed by atoms with Crippen molar-refractivity contribution in [2.75, 3.05) is 13.7 Å². The van der Waals surface area contributed by atoms with Crippen LogP contribution in [0.2, 0.25) is 0 Å². The SMILES string of the molecule is CCCc1ccc(OC)c(C(N)CN)c1. The average Bonchev–Trinajstić information content (AvgIpc) is 2.28. The predicted molar refractivity (Wildman–Crippen MR) is 63.0 cm³/mol. The molecule has 1 atom stereocenters. The lowest BCUT2D eigenvalue weighted by atomic mass is 10.0. The van der Waals surface area contributed by atoms with Crippen LogP contribution < -0.4 is 16.2 Å². The summed E-state index contributed by atoms with van der Waals surface area (Å²) in [7, 11) is 1.65. The minimum Gasteiger partial charge on any atom is -0.496 e. The number of aryl methyl sites for hydroxylation is 1. The maximum Gasteiger partial charge on any atom is 0.123 e. The van der Waals surface area contributed by atoms with E-state index in [9.17, 15) is 0 Å². The highest BCUT2D eigenvalue weighted by Gasteiger charge is 2.10. The molecule has 3 nitrogen and oxygen atoms in total. The monoisotopic (exact) mass is 208 g/mol. The fraction of sp³-hybridized carbons (Fsp3) is 0.500. The Kier molecular flexibility index (Phi) is 4.59. The van der Waals surface area contributed by atoms with E-state index in [1.165, 1.54) is 5.56 Å². The summed E-state index contributed by atoms with van der Waals surface area (Å²) in [6.45, 7) is 2.60. The lowest BCUT2D eigenvalue weighted by molar-refractivity contribution is 0.405. The normalized spacial score (nSPS) is 12.5. The maximum absolute atomic E-state index is 5.93. The summed E-state index contributed by atoms with van der Waals surface area (Å²) in [6.07, 6.45) is 2.19. The van der Waals surface area contributed by atoms with Crippen molar-refractivity contribution >= 4 is 0 Å². The summed E-state index contributed by atoms with van der Waals surface area (Å²) in [4.78, 5) is 0. The maximum atomic E-state index is 5.93. The minimum atomic E-state index is -0.142. The largest absolute Gasteiger partial charge is 0.496 e. The summed E-state index contributed by atoms with van der Waals surface area (Å²) in [5.41, 5.74) is 13.8. The number of nitrogens with two attached hydrogens (primary N) is 2. The number of ether oxygens (including phenoxy) is 1. The topological polar surface area (TPSA) is 61.3 Å². The standard InChI is InChI=1S/C12H20N2O/c1-3-4-9-5-6-12(15-2)10(7-9)11(14)8-13/h5-7,11H,3-4,8,13-14H2,1-2H3. The van der Waals surface area contributed by atoms with Crippen molar-refractivity contribution in [3.63, 3.8) is 0 Å². The van der Waals surface area contributed by atoms with Crippen LogP contribution in [0.4, 0.5) is 0 Å². The number of rotatable bonds is 5. The third-order valence-electron chi connectivity index (χ3n) is 2.49. The van der Waals surface area contributed by atoms with E-state index in [1.54, 1.807) is 7.11 Å². The van der Waals surface area contributed by atoms with Gasteiger partial charge in [-0.1, -0.05) is 25.5 Å². The number of hydrogen-bond donors (Lipinski definition) is 2. The highest BCUT2D eigenvalue weighted by molar-refractivity contribution is 5.39. The minimum absolute atomic E-state index is 0.142. The van der Waals surface area contributed by atoms with Gasteiger partial charge in [-0.2, -0.15) is 0 Å². The van der Waals surface area contributed by atoms with Crippen LogP contribution in [0.3, 0.4) is 0 Å². The molecule has 0 bridgehead atoms. The number of hydrogen-bond acceptors (Lipinski definition) is 3. The fourth-order valence-corrected chi connectivity index (χ4v) is 1.64. The summed E-state index contributed by atoms with van der Waals surface area (Å²) >= 11 is 0. The highest BCUT2D eigenvalue weighted by Crippen LogP contribution is 2.25. The van der Waals surface area contributed by atoms with Gasteiger partial charge in [-0.05, 0) is 18.1 Å². The second-order valence-corrected chi connectivity index (χ2v) is 3.67. The van der Waals surface area contributed by atoms with Crippen molar-refractivity contribution in [1.29, 1.82) is 0 Å². The molecular formula is C12H20N2O. The van der Waals surface area contributed by atoms with E-state index in [4.69, 9.17) is 16.2 Å². The van der Waals surface area contributed by atoms with Gasteiger partial charge in [0.1, 0.15) is 5.75 Å². The highest BCUT2D eigenvalue weighted by atomic mass is 16.5. The van der Waals surface area contributed by atoms with Crippen molar-refractivity contribution in [2.24, 2.45) is 11.5 Å². The first-order chi connectivity index (χ1) is 7.22. The van der Waals surface area contributed by atoms with E-state index in [0.29, 0.717) is 6.54 Å². The van der Waals surface area contributed by atoms with Gasteiger partial charge in [0, 0.05) is 18.2 Å². The molecule has 0 aromatic heterocycles. The molecule has 1 rings (SSSR count). The van der Waals surface area contributed by atoms with E-state index in [1.807, 2.05) is 6.07 Å². The van der Waals surface area contributed by atoms with E-state index in [-0.39, 0.29) is 6.04 Å². The molecule has 4 N–H and O–H groups in total. The smallest absolute Gasteiger partial charge is 0.123 e. The summed E-state index contributed by atoms with van der Waals surface area (Å²) < 4.78 is 5.27. The van der Waals surface area contributed by atoms with Crippen molar-refractivity contribution in [1.82, 2.24) is 0 Å². The van der Waals surface area contributed by atoms with Crippen molar-refractivity contribution in [3.05, 3.63) is 29.3 Å². The molecule has 1 aromatic carbocycles. The van der Waals surface area contributed by atoms with Gasteiger partial charge in [0.15, 0.2) is 0 Å². The van der Waals surface area contributed by atoms with Crippen LogP contribution in [0.25, 0.3) is 0 Å². The van der Waals surface area contributed by atoms with Gasteiger partial charge in [-0.15, -0.1) is 0 Å². The molecule has 0 spiro atoms. The molecule has 1 unspecified atom stereocenters. The third kappa shape index (κ3) is 2.94. The second kappa shape index (κ2) is 5.73. The Hall–Kier alpha value is -1.06. The zero-order valence-electron chi connectivity index (χ0n) is 9.49. The van der Waals surface area contributed by atoms with Gasteiger partial charge in [-0.3, -0.25) is 0 Å². The van der Waals surface area contributed by atoms with Gasteiger partial charge in [0.2, 0.25) is 0 Å². The Morgan fingerprint density at radius 2 is 2.13 bits per heavy atom. The van der Waals surface area contributed by atoms with E-state index in [2.05, 4.69) is 19.1 Å².